The van der Waals surface area contributed by atoms with Crippen LogP contribution >= 0.6 is 22.6 Å². The van der Waals surface area contributed by atoms with Crippen LogP contribution in [-0.2, 0) is 9.63 Å². The maximum atomic E-state index is 12.0. The van der Waals surface area contributed by atoms with E-state index in [1.807, 2.05) is 36.4 Å². The van der Waals surface area contributed by atoms with E-state index < -0.39 is 0 Å². The molecule has 0 aliphatic rings. The van der Waals surface area contributed by atoms with Gasteiger partial charge in [-0.25, -0.2) is 0 Å². The fourth-order valence-electron chi connectivity index (χ4n) is 1.80. The van der Waals surface area contributed by atoms with Crippen LogP contribution in [0.25, 0.3) is 0 Å². The summed E-state index contributed by atoms with van der Waals surface area (Å²) < 4.78 is 6.98. The highest BCUT2D eigenvalue weighted by Gasteiger charge is 2.18. The maximum absolute atomic E-state index is 12.0. The van der Waals surface area contributed by atoms with E-state index in [-0.39, 0.29) is 11.6 Å². The Morgan fingerprint density at radius 3 is 2.45 bits per heavy atom. The lowest BCUT2D eigenvalue weighted by molar-refractivity contribution is -0.114. The molecule has 5 nitrogen and oxygen atoms in total. The van der Waals surface area contributed by atoms with E-state index in [4.69, 9.17) is 9.57 Å². The van der Waals surface area contributed by atoms with Crippen LogP contribution in [0.15, 0.2) is 53.7 Å². The summed E-state index contributed by atoms with van der Waals surface area (Å²) in [6.45, 7) is 0. The smallest absolute Gasteiger partial charge is 0.273 e. The van der Waals surface area contributed by atoms with Crippen molar-refractivity contribution in [3.05, 3.63) is 57.7 Å². The Morgan fingerprint density at radius 1 is 1.14 bits per heavy atom. The second kappa shape index (κ2) is 7.79. The third-order valence-electron chi connectivity index (χ3n) is 2.81. The number of nitrogens with zero attached hydrogens (tertiary/aromatic N) is 1. The van der Waals surface area contributed by atoms with Crippen molar-refractivity contribution in [2.45, 2.75) is 0 Å². The largest absolute Gasteiger partial charge is 0.457 e. The Balaban J connectivity index is 2.39. The fourth-order valence-corrected chi connectivity index (χ4v) is 2.16. The molecule has 0 heterocycles. The molecular weight excluding hydrogens is 395 g/mol. The van der Waals surface area contributed by atoms with Gasteiger partial charge in [0.2, 0.25) is 0 Å². The minimum absolute atomic E-state index is 0.158. The predicted molar refractivity (Wildman–Crippen MR) is 93.3 cm³/mol. The highest BCUT2D eigenvalue weighted by molar-refractivity contribution is 14.1. The number of halogens is 1. The number of para-hydroxylation sites is 1. The van der Waals surface area contributed by atoms with Crippen molar-refractivity contribution in [2.24, 2.45) is 5.16 Å². The van der Waals surface area contributed by atoms with Crippen LogP contribution < -0.4 is 10.1 Å². The zero-order valence-corrected chi connectivity index (χ0v) is 14.3. The average molecular weight is 410 g/mol. The lowest BCUT2D eigenvalue weighted by Crippen LogP contribution is -2.28. The lowest BCUT2D eigenvalue weighted by atomic mass is 10.1. The van der Waals surface area contributed by atoms with E-state index in [1.54, 1.807) is 12.1 Å². The number of benzene rings is 2. The normalized spacial score (nSPS) is 11.0. The van der Waals surface area contributed by atoms with Crippen molar-refractivity contribution in [1.82, 2.24) is 5.32 Å². The minimum atomic E-state index is -0.347. The molecule has 0 fully saturated rings. The molecule has 0 unspecified atom stereocenters. The monoisotopic (exact) mass is 410 g/mol. The summed E-state index contributed by atoms with van der Waals surface area (Å²) in [4.78, 5) is 16.7. The third-order valence-corrected chi connectivity index (χ3v) is 3.53. The molecule has 0 radical (unpaired) electrons. The van der Waals surface area contributed by atoms with Crippen LogP contribution in [0.3, 0.4) is 0 Å². The molecule has 2 aromatic rings. The molecule has 0 bridgehead atoms. The molecule has 2 rings (SSSR count). The molecular formula is C16H15IN2O3. The molecule has 0 aliphatic heterocycles. The van der Waals surface area contributed by atoms with Gasteiger partial charge in [-0.3, -0.25) is 4.79 Å². The molecule has 0 saturated heterocycles. The van der Waals surface area contributed by atoms with Crippen LogP contribution in [0.1, 0.15) is 5.56 Å². The number of rotatable bonds is 5. The minimum Gasteiger partial charge on any atom is -0.457 e. The van der Waals surface area contributed by atoms with Crippen molar-refractivity contribution in [3.8, 4) is 11.5 Å². The highest BCUT2D eigenvalue weighted by Crippen LogP contribution is 2.26. The van der Waals surface area contributed by atoms with Crippen LogP contribution in [0.2, 0.25) is 0 Å². The van der Waals surface area contributed by atoms with Gasteiger partial charge in [-0.15, -0.1) is 0 Å². The Bertz CT molecular complexity index is 684. The summed E-state index contributed by atoms with van der Waals surface area (Å²) in [5.41, 5.74) is 0.716. The Labute approximate surface area is 142 Å². The molecule has 1 N–H and O–H groups in total. The first kappa shape index (κ1) is 16.3. The number of hydrogen-bond acceptors (Lipinski definition) is 4. The number of nitrogens with one attached hydrogen (secondary N) is 1. The number of ether oxygens (including phenoxy) is 1. The topological polar surface area (TPSA) is 59.9 Å². The molecule has 6 heteroatoms. The van der Waals surface area contributed by atoms with E-state index in [9.17, 15) is 4.79 Å². The quantitative estimate of drug-likeness (QED) is 0.468. The molecule has 0 aromatic heterocycles. The maximum Gasteiger partial charge on any atom is 0.273 e. The number of oxime groups is 1. The van der Waals surface area contributed by atoms with Crippen molar-refractivity contribution in [1.29, 1.82) is 0 Å². The van der Waals surface area contributed by atoms with Crippen molar-refractivity contribution >= 4 is 34.2 Å². The second-order valence-electron chi connectivity index (χ2n) is 4.25. The van der Waals surface area contributed by atoms with E-state index in [0.717, 1.165) is 3.57 Å². The van der Waals surface area contributed by atoms with Crippen LogP contribution in [0, 0.1) is 3.57 Å². The standard InChI is InChI=1S/C16H15IN2O3/c1-18-16(20)15(19-21-2)13-5-3-4-6-14(13)22-12-9-7-11(17)8-10-12/h3-10H,1-2H3,(H,18,20). The van der Waals surface area contributed by atoms with Crippen LogP contribution in [0.4, 0.5) is 0 Å². The molecule has 1 amide bonds. The fraction of sp³-hybridized carbons (Fsp3) is 0.125. The molecule has 2 aromatic carbocycles. The van der Waals surface area contributed by atoms with Crippen molar-refractivity contribution < 1.29 is 14.4 Å². The zero-order chi connectivity index (χ0) is 15.9. The zero-order valence-electron chi connectivity index (χ0n) is 12.2. The Hall–Kier alpha value is -2.09. The molecule has 0 aliphatic carbocycles. The second-order valence-corrected chi connectivity index (χ2v) is 5.50. The van der Waals surface area contributed by atoms with Gasteiger partial charge in [0.25, 0.3) is 5.91 Å². The summed E-state index contributed by atoms with van der Waals surface area (Å²) in [6.07, 6.45) is 0. The average Bonchev–Trinajstić information content (AvgIpc) is 2.55. The Morgan fingerprint density at radius 2 is 1.82 bits per heavy atom. The van der Waals surface area contributed by atoms with Gasteiger partial charge in [-0.2, -0.15) is 0 Å². The summed E-state index contributed by atoms with van der Waals surface area (Å²) in [5, 5.41) is 6.35. The van der Waals surface area contributed by atoms with E-state index in [2.05, 4.69) is 33.1 Å². The molecule has 0 saturated carbocycles. The van der Waals surface area contributed by atoms with Gasteiger partial charge in [-0.05, 0) is 59.0 Å². The first-order chi connectivity index (χ1) is 10.7. The highest BCUT2D eigenvalue weighted by atomic mass is 127. The molecule has 0 spiro atoms. The first-order valence-corrected chi connectivity index (χ1v) is 7.59. The molecule has 22 heavy (non-hydrogen) atoms. The van der Waals surface area contributed by atoms with Gasteiger partial charge in [0.15, 0.2) is 5.71 Å². The summed E-state index contributed by atoms with van der Waals surface area (Å²) >= 11 is 2.23. The molecule has 114 valence electrons. The summed E-state index contributed by atoms with van der Waals surface area (Å²) in [5.74, 6) is 0.866. The van der Waals surface area contributed by atoms with Crippen LogP contribution in [0.5, 0.6) is 11.5 Å². The van der Waals surface area contributed by atoms with Crippen molar-refractivity contribution in [2.75, 3.05) is 14.2 Å². The first-order valence-electron chi connectivity index (χ1n) is 6.51. The summed E-state index contributed by atoms with van der Waals surface area (Å²) in [7, 11) is 2.93. The number of likely N-dealkylation sites (N-methyl/N-ethyl adjacent to an activating group) is 1. The van der Waals surface area contributed by atoms with Gasteiger partial charge in [0.05, 0.1) is 5.56 Å². The van der Waals surface area contributed by atoms with Crippen LogP contribution in [-0.4, -0.2) is 25.8 Å². The lowest BCUT2D eigenvalue weighted by Gasteiger charge is -2.12. The Kier molecular flexibility index (Phi) is 5.76. The van der Waals surface area contributed by atoms with E-state index in [1.165, 1.54) is 14.2 Å². The molecule has 0 atom stereocenters. The third kappa shape index (κ3) is 3.97. The number of carbonyl (C=O) groups is 1. The number of hydrogen-bond donors (Lipinski definition) is 1. The number of amides is 1. The van der Waals surface area contributed by atoms with Crippen molar-refractivity contribution in [3.63, 3.8) is 0 Å². The van der Waals surface area contributed by atoms with E-state index >= 15 is 0 Å². The van der Waals surface area contributed by atoms with Gasteiger partial charge >= 0.3 is 0 Å². The predicted octanol–water partition coefficient (Wildman–Crippen LogP) is 3.18. The van der Waals surface area contributed by atoms with Gasteiger partial charge < -0.3 is 14.9 Å². The van der Waals surface area contributed by atoms with Gasteiger partial charge in [-0.1, -0.05) is 17.3 Å². The summed E-state index contributed by atoms with van der Waals surface area (Å²) in [6, 6.07) is 14.8. The van der Waals surface area contributed by atoms with Gasteiger partial charge in [0.1, 0.15) is 18.6 Å². The SMILES string of the molecule is CNC(=O)C(=NOC)c1ccccc1Oc1ccc(I)cc1. The number of carbonyl (C=O) groups excluding carboxylic acids is 1. The van der Waals surface area contributed by atoms with Gasteiger partial charge in [0, 0.05) is 10.6 Å². The van der Waals surface area contributed by atoms with E-state index in [0.29, 0.717) is 17.1 Å².